The minimum absolute atomic E-state index is 0.111. The summed E-state index contributed by atoms with van der Waals surface area (Å²) in [5.41, 5.74) is 2.48. The van der Waals surface area contributed by atoms with E-state index in [2.05, 4.69) is 15.2 Å². The summed E-state index contributed by atoms with van der Waals surface area (Å²) in [4.78, 5) is 30.2. The Morgan fingerprint density at radius 3 is 2.58 bits per heavy atom. The zero-order valence-corrected chi connectivity index (χ0v) is 18.9. The van der Waals surface area contributed by atoms with Gasteiger partial charge >= 0.3 is 5.97 Å². The second kappa shape index (κ2) is 9.34. The molecule has 0 saturated carbocycles. The van der Waals surface area contributed by atoms with Crippen LogP contribution in [0.15, 0.2) is 28.7 Å². The average Bonchev–Trinajstić information content (AvgIpc) is 3.30. The van der Waals surface area contributed by atoms with Crippen molar-refractivity contribution in [1.82, 2.24) is 20.1 Å². The van der Waals surface area contributed by atoms with Crippen molar-refractivity contribution in [3.63, 3.8) is 0 Å². The van der Waals surface area contributed by atoms with Crippen molar-refractivity contribution in [2.75, 3.05) is 6.61 Å². The number of halogens is 1. The van der Waals surface area contributed by atoms with E-state index in [1.165, 1.54) is 0 Å². The van der Waals surface area contributed by atoms with Gasteiger partial charge < -0.3 is 19.0 Å². The molecule has 0 aliphatic carbocycles. The predicted molar refractivity (Wildman–Crippen MR) is 116 cm³/mol. The van der Waals surface area contributed by atoms with Gasteiger partial charge in [0.2, 0.25) is 11.8 Å². The molecule has 9 heteroatoms. The molecule has 31 heavy (non-hydrogen) atoms. The number of aromatic amines is 1. The quantitative estimate of drug-likeness (QED) is 0.536. The normalized spacial score (nSPS) is 11.1. The Kier molecular flexibility index (Phi) is 6.80. The van der Waals surface area contributed by atoms with E-state index in [1.807, 2.05) is 26.0 Å². The number of benzene rings is 1. The van der Waals surface area contributed by atoms with Crippen LogP contribution in [-0.4, -0.2) is 44.6 Å². The summed E-state index contributed by atoms with van der Waals surface area (Å²) in [6, 6.07) is 7.01. The third-order valence-electron chi connectivity index (χ3n) is 4.89. The number of hydrogen-bond donors (Lipinski definition) is 1. The molecule has 0 fully saturated rings. The van der Waals surface area contributed by atoms with Gasteiger partial charge in [-0.3, -0.25) is 4.79 Å². The Labute approximate surface area is 185 Å². The molecular weight excluding hydrogens is 420 g/mol. The fourth-order valence-corrected chi connectivity index (χ4v) is 3.53. The van der Waals surface area contributed by atoms with Crippen molar-refractivity contribution < 1.29 is 18.7 Å². The minimum atomic E-state index is -0.454. The lowest BCUT2D eigenvalue weighted by atomic mass is 10.1. The van der Waals surface area contributed by atoms with Gasteiger partial charge in [-0.25, -0.2) is 4.79 Å². The summed E-state index contributed by atoms with van der Waals surface area (Å²) < 4.78 is 10.9. The molecule has 0 aliphatic heterocycles. The number of ether oxygens (including phenoxy) is 1. The van der Waals surface area contributed by atoms with Crippen LogP contribution in [0.1, 0.15) is 58.8 Å². The number of aromatic nitrogens is 3. The molecule has 3 rings (SSSR count). The molecule has 1 amide bonds. The summed E-state index contributed by atoms with van der Waals surface area (Å²) in [5, 5.41) is 8.64. The van der Waals surface area contributed by atoms with Gasteiger partial charge in [0, 0.05) is 11.7 Å². The van der Waals surface area contributed by atoms with Crippen molar-refractivity contribution in [3.8, 4) is 11.5 Å². The van der Waals surface area contributed by atoms with Crippen molar-refractivity contribution in [2.45, 2.75) is 47.2 Å². The molecule has 1 N–H and O–H groups in total. The Morgan fingerprint density at radius 2 is 1.94 bits per heavy atom. The van der Waals surface area contributed by atoms with Crippen LogP contribution < -0.4 is 0 Å². The molecule has 0 aliphatic rings. The molecule has 2 heterocycles. The summed E-state index contributed by atoms with van der Waals surface area (Å²) >= 11 is 6.20. The number of H-pyrrole nitrogens is 1. The van der Waals surface area contributed by atoms with Crippen LogP contribution in [0.5, 0.6) is 0 Å². The number of aryl methyl sites for hydroxylation is 1. The second-order valence-corrected chi connectivity index (χ2v) is 7.76. The lowest BCUT2D eigenvalue weighted by molar-refractivity contribution is 0.0525. The van der Waals surface area contributed by atoms with Gasteiger partial charge in [0.05, 0.1) is 29.3 Å². The number of nitrogens with one attached hydrogen (secondary N) is 1. The maximum absolute atomic E-state index is 13.3. The second-order valence-electron chi connectivity index (χ2n) is 7.35. The molecule has 0 unspecified atom stereocenters. The van der Waals surface area contributed by atoms with Gasteiger partial charge in [-0.15, -0.1) is 10.2 Å². The Hall–Kier alpha value is -3.13. The van der Waals surface area contributed by atoms with Crippen LogP contribution >= 0.6 is 11.6 Å². The maximum Gasteiger partial charge on any atom is 0.340 e. The third-order valence-corrected chi connectivity index (χ3v) is 5.22. The minimum Gasteiger partial charge on any atom is -0.462 e. The molecule has 0 radical (unpaired) electrons. The fourth-order valence-electron chi connectivity index (χ4n) is 3.31. The van der Waals surface area contributed by atoms with E-state index in [4.69, 9.17) is 20.8 Å². The largest absolute Gasteiger partial charge is 0.462 e. The fraction of sp³-hybridized carbons (Fsp3) is 0.364. The van der Waals surface area contributed by atoms with E-state index in [9.17, 15) is 9.59 Å². The summed E-state index contributed by atoms with van der Waals surface area (Å²) in [5.74, 6) is -0.161. The van der Waals surface area contributed by atoms with E-state index in [1.54, 1.807) is 37.8 Å². The van der Waals surface area contributed by atoms with E-state index >= 15 is 0 Å². The van der Waals surface area contributed by atoms with Gasteiger partial charge in [-0.1, -0.05) is 23.7 Å². The smallest absolute Gasteiger partial charge is 0.340 e. The monoisotopic (exact) mass is 444 g/mol. The maximum atomic E-state index is 13.3. The molecule has 8 nitrogen and oxygen atoms in total. The van der Waals surface area contributed by atoms with Crippen LogP contribution in [0.4, 0.5) is 0 Å². The van der Waals surface area contributed by atoms with E-state index in [-0.39, 0.29) is 36.9 Å². The lowest BCUT2D eigenvalue weighted by Gasteiger charge is -2.25. The zero-order valence-electron chi connectivity index (χ0n) is 18.2. The Morgan fingerprint density at radius 1 is 1.23 bits per heavy atom. The third kappa shape index (κ3) is 4.64. The molecule has 2 aromatic heterocycles. The standard InChI is InChI=1S/C22H25ClN4O4/c1-6-30-22(29)18-13(4)19(24-14(18)5)21(28)27(12(2)3)11-17-25-26-20(31-17)15-9-7-8-10-16(15)23/h7-10,12,24H,6,11H2,1-5H3. The van der Waals surface area contributed by atoms with Crippen molar-refractivity contribution in [3.05, 3.63) is 57.7 Å². The Bertz CT molecular complexity index is 1100. The van der Waals surface area contributed by atoms with Gasteiger partial charge in [0.1, 0.15) is 5.69 Å². The number of rotatable bonds is 7. The van der Waals surface area contributed by atoms with Crippen LogP contribution in [0, 0.1) is 13.8 Å². The highest BCUT2D eigenvalue weighted by molar-refractivity contribution is 6.33. The summed E-state index contributed by atoms with van der Waals surface area (Å²) in [7, 11) is 0. The highest BCUT2D eigenvalue weighted by Gasteiger charge is 2.28. The number of amides is 1. The van der Waals surface area contributed by atoms with Crippen LogP contribution in [-0.2, 0) is 11.3 Å². The van der Waals surface area contributed by atoms with Crippen LogP contribution in [0.3, 0.4) is 0 Å². The number of carbonyl (C=O) groups excluding carboxylic acids is 2. The first-order valence-corrected chi connectivity index (χ1v) is 10.4. The first-order chi connectivity index (χ1) is 14.7. The zero-order chi connectivity index (χ0) is 22.7. The number of hydrogen-bond acceptors (Lipinski definition) is 6. The molecule has 0 bridgehead atoms. The lowest BCUT2D eigenvalue weighted by Crippen LogP contribution is -2.37. The number of nitrogens with zero attached hydrogens (tertiary/aromatic N) is 3. The summed E-state index contributed by atoms with van der Waals surface area (Å²) in [6.45, 7) is 9.35. The molecule has 3 aromatic rings. The van der Waals surface area contributed by atoms with Crippen LogP contribution in [0.25, 0.3) is 11.5 Å². The molecule has 164 valence electrons. The van der Waals surface area contributed by atoms with E-state index in [0.717, 1.165) is 0 Å². The SMILES string of the molecule is CCOC(=O)c1c(C)[nH]c(C(=O)N(Cc2nnc(-c3ccccc3Cl)o2)C(C)C)c1C. The first-order valence-electron chi connectivity index (χ1n) is 9.99. The molecular formula is C22H25ClN4O4. The Balaban J connectivity index is 1.87. The van der Waals surface area contributed by atoms with Crippen molar-refractivity contribution in [2.24, 2.45) is 0 Å². The van der Waals surface area contributed by atoms with Gasteiger partial charge in [-0.05, 0) is 52.3 Å². The predicted octanol–water partition coefficient (Wildman–Crippen LogP) is 4.56. The average molecular weight is 445 g/mol. The van der Waals surface area contributed by atoms with E-state index < -0.39 is 5.97 Å². The topological polar surface area (TPSA) is 101 Å². The van der Waals surface area contributed by atoms with Gasteiger partial charge in [0.25, 0.3) is 5.91 Å². The van der Waals surface area contributed by atoms with Gasteiger partial charge in [-0.2, -0.15) is 0 Å². The van der Waals surface area contributed by atoms with Crippen molar-refractivity contribution >= 4 is 23.5 Å². The molecule has 1 aromatic carbocycles. The van der Waals surface area contributed by atoms with Crippen molar-refractivity contribution in [1.29, 1.82) is 0 Å². The number of esters is 1. The number of carbonyl (C=O) groups is 2. The first kappa shape index (κ1) is 22.6. The summed E-state index contributed by atoms with van der Waals surface area (Å²) in [6.07, 6.45) is 0. The highest BCUT2D eigenvalue weighted by atomic mass is 35.5. The molecule has 0 spiro atoms. The van der Waals surface area contributed by atoms with Gasteiger partial charge in [0.15, 0.2) is 0 Å². The molecule has 0 saturated heterocycles. The molecule has 0 atom stereocenters. The van der Waals surface area contributed by atoms with Crippen LogP contribution in [0.2, 0.25) is 5.02 Å². The highest BCUT2D eigenvalue weighted by Crippen LogP contribution is 2.27. The van der Waals surface area contributed by atoms with E-state index in [0.29, 0.717) is 33.1 Å².